The zero-order valence-electron chi connectivity index (χ0n) is 13.6. The number of carbonyl (C=O) groups excluding carboxylic acids is 1. The second-order valence-electron chi connectivity index (χ2n) is 6.48. The molecule has 0 aliphatic carbocycles. The van der Waals surface area contributed by atoms with E-state index < -0.39 is 29.7 Å². The zero-order valence-corrected chi connectivity index (χ0v) is 14.4. The van der Waals surface area contributed by atoms with Gasteiger partial charge in [0.2, 0.25) is 17.8 Å². The molecule has 3 heterocycles. The minimum absolute atomic E-state index is 0.0941. The molecular weight excluding hydrogens is 373 g/mol. The number of oxazole rings is 1. The van der Waals surface area contributed by atoms with Gasteiger partial charge in [-0.3, -0.25) is 9.69 Å². The summed E-state index contributed by atoms with van der Waals surface area (Å²) < 4.78 is 47.1. The monoisotopic (exact) mass is 386 g/mol. The topological polar surface area (TPSA) is 61.9 Å². The molecule has 0 spiro atoms. The second kappa shape index (κ2) is 5.60. The maximum Gasteiger partial charge on any atom is 0.413 e. The number of fused-ring (bicyclic) bond motifs is 2. The minimum atomic E-state index is -4.60. The van der Waals surface area contributed by atoms with Gasteiger partial charge in [-0.15, -0.1) is 0 Å². The Morgan fingerprint density at radius 3 is 2.81 bits per heavy atom. The Labute approximate surface area is 151 Å². The van der Waals surface area contributed by atoms with Crippen LogP contribution < -0.4 is 0 Å². The highest BCUT2D eigenvalue weighted by Gasteiger charge is 2.63. The van der Waals surface area contributed by atoms with Crippen molar-refractivity contribution in [2.75, 3.05) is 6.54 Å². The Morgan fingerprint density at radius 2 is 2.12 bits per heavy atom. The number of alkyl halides is 4. The van der Waals surface area contributed by atoms with E-state index in [2.05, 4.69) is 9.98 Å². The van der Waals surface area contributed by atoms with Crippen LogP contribution in [0, 0.1) is 0 Å². The maximum atomic E-state index is 13.8. The van der Waals surface area contributed by atoms with Crippen LogP contribution in [0.2, 0.25) is 0 Å². The van der Waals surface area contributed by atoms with Gasteiger partial charge in [0, 0.05) is 0 Å². The number of amides is 1. The number of hydrogen-bond donors (Lipinski definition) is 0. The predicted molar refractivity (Wildman–Crippen MR) is 87.4 cm³/mol. The third-order valence-electron chi connectivity index (χ3n) is 4.69. The number of aliphatic imine (C=N–C) groups is 1. The van der Waals surface area contributed by atoms with Crippen LogP contribution in [0.3, 0.4) is 0 Å². The van der Waals surface area contributed by atoms with E-state index in [0.29, 0.717) is 11.1 Å². The number of guanidine groups is 1. The fraction of sp³-hybridized carbons (Fsp3) is 0.438. The van der Waals surface area contributed by atoms with Crippen LogP contribution in [-0.2, 0) is 11.3 Å². The summed E-state index contributed by atoms with van der Waals surface area (Å²) in [6, 6.07) is 6.89. The molecule has 1 aromatic heterocycles. The van der Waals surface area contributed by atoms with Crippen molar-refractivity contribution in [3.8, 4) is 0 Å². The summed E-state index contributed by atoms with van der Waals surface area (Å²) in [6.07, 6.45) is -4.73. The lowest BCUT2D eigenvalue weighted by Crippen LogP contribution is -2.55. The molecule has 2 atom stereocenters. The summed E-state index contributed by atoms with van der Waals surface area (Å²) in [4.78, 5) is 22.5. The summed E-state index contributed by atoms with van der Waals surface area (Å²) in [6.45, 7) is 0.210. The van der Waals surface area contributed by atoms with Crippen LogP contribution in [0.5, 0.6) is 0 Å². The normalized spacial score (nSPS) is 26.4. The van der Waals surface area contributed by atoms with Crippen molar-refractivity contribution in [2.24, 2.45) is 4.99 Å². The molecule has 1 unspecified atom stereocenters. The fourth-order valence-corrected chi connectivity index (χ4v) is 3.42. The molecule has 4 rings (SSSR count). The highest BCUT2D eigenvalue weighted by molar-refractivity contribution is 6.23. The van der Waals surface area contributed by atoms with E-state index in [1.54, 1.807) is 24.3 Å². The third-order valence-corrected chi connectivity index (χ3v) is 4.94. The maximum absolute atomic E-state index is 13.8. The van der Waals surface area contributed by atoms with Crippen molar-refractivity contribution >= 4 is 34.6 Å². The number of halogens is 4. The molecule has 0 bridgehead atoms. The van der Waals surface area contributed by atoms with Crippen molar-refractivity contribution < 1.29 is 22.4 Å². The van der Waals surface area contributed by atoms with Gasteiger partial charge in [-0.2, -0.15) is 13.2 Å². The molecule has 0 saturated carbocycles. The van der Waals surface area contributed by atoms with E-state index in [4.69, 9.17) is 16.0 Å². The molecule has 2 aromatic rings. The quantitative estimate of drug-likeness (QED) is 0.587. The molecule has 1 aromatic carbocycles. The largest absolute Gasteiger partial charge is 0.439 e. The highest BCUT2D eigenvalue weighted by atomic mass is 35.5. The first-order valence-corrected chi connectivity index (χ1v) is 8.34. The van der Waals surface area contributed by atoms with Gasteiger partial charge in [-0.05, 0) is 19.1 Å². The van der Waals surface area contributed by atoms with Crippen molar-refractivity contribution in [2.45, 2.75) is 37.1 Å². The molecule has 138 valence electrons. The molecule has 2 aliphatic rings. The Hall–Kier alpha value is -2.29. The first-order valence-electron chi connectivity index (χ1n) is 7.90. The van der Waals surface area contributed by atoms with Crippen molar-refractivity contribution in [3.63, 3.8) is 0 Å². The lowest BCUT2D eigenvalue weighted by atomic mass is 10.0. The van der Waals surface area contributed by atoms with Gasteiger partial charge >= 0.3 is 6.18 Å². The van der Waals surface area contributed by atoms with E-state index in [0.717, 1.165) is 16.7 Å². The number of nitrogens with zero attached hydrogens (tertiary/aromatic N) is 4. The number of rotatable bonds is 2. The number of benzene rings is 1. The molecule has 1 saturated heterocycles. The zero-order chi connectivity index (χ0) is 18.7. The van der Waals surface area contributed by atoms with Crippen LogP contribution in [-0.4, -0.2) is 50.4 Å². The van der Waals surface area contributed by atoms with E-state index >= 15 is 0 Å². The van der Waals surface area contributed by atoms with Gasteiger partial charge in [0.1, 0.15) is 11.0 Å². The molecule has 0 N–H and O–H groups in total. The minimum Gasteiger partial charge on any atom is -0.439 e. The lowest BCUT2D eigenvalue weighted by molar-refractivity contribution is -0.209. The van der Waals surface area contributed by atoms with Crippen LogP contribution in [0.15, 0.2) is 33.7 Å². The van der Waals surface area contributed by atoms with Gasteiger partial charge < -0.3 is 9.32 Å². The summed E-state index contributed by atoms with van der Waals surface area (Å²) in [5, 5.41) is 0. The van der Waals surface area contributed by atoms with Crippen LogP contribution in [0.4, 0.5) is 13.2 Å². The van der Waals surface area contributed by atoms with Crippen LogP contribution >= 0.6 is 11.6 Å². The van der Waals surface area contributed by atoms with Gasteiger partial charge in [0.05, 0.1) is 19.5 Å². The van der Waals surface area contributed by atoms with Crippen LogP contribution in [0.25, 0.3) is 11.1 Å². The van der Waals surface area contributed by atoms with E-state index in [-0.39, 0.29) is 24.8 Å². The molecule has 1 amide bonds. The average molecular weight is 387 g/mol. The summed E-state index contributed by atoms with van der Waals surface area (Å²) in [5.41, 5.74) is -2.19. The Balaban J connectivity index is 1.77. The molecule has 26 heavy (non-hydrogen) atoms. The first-order chi connectivity index (χ1) is 12.2. The molecule has 10 heteroatoms. The molecule has 1 fully saturated rings. The van der Waals surface area contributed by atoms with Crippen LogP contribution in [0.1, 0.15) is 19.2 Å². The molecule has 6 nitrogen and oxygen atoms in total. The fourth-order valence-electron chi connectivity index (χ4n) is 3.21. The van der Waals surface area contributed by atoms with Crippen molar-refractivity contribution in [1.29, 1.82) is 0 Å². The predicted octanol–water partition coefficient (Wildman–Crippen LogP) is 3.12. The number of para-hydroxylation sites is 2. The third kappa shape index (κ3) is 2.53. The first kappa shape index (κ1) is 17.1. The number of carbonyl (C=O) groups is 1. The number of aromatic nitrogens is 1. The Kier molecular flexibility index (Phi) is 3.69. The SMILES string of the molecule is C[C@@]1(C(F)(F)F)CN2C(=O)CC(Cl)N=C2N1Cc1nc2ccccc2o1. The molecular formula is C16H14ClF3N4O2. The van der Waals surface area contributed by atoms with E-state index in [1.807, 2.05) is 0 Å². The van der Waals surface area contributed by atoms with E-state index in [1.165, 1.54) is 0 Å². The second-order valence-corrected chi connectivity index (χ2v) is 6.98. The average Bonchev–Trinajstić information content (AvgIpc) is 3.08. The lowest BCUT2D eigenvalue weighted by Gasteiger charge is -2.35. The smallest absolute Gasteiger partial charge is 0.413 e. The summed E-state index contributed by atoms with van der Waals surface area (Å²) in [5.74, 6) is -0.468. The van der Waals surface area contributed by atoms with Crippen molar-refractivity contribution in [1.82, 2.24) is 14.8 Å². The molecule has 0 radical (unpaired) electrons. The summed E-state index contributed by atoms with van der Waals surface area (Å²) >= 11 is 5.94. The van der Waals surface area contributed by atoms with Crippen molar-refractivity contribution in [3.05, 3.63) is 30.2 Å². The molecule has 2 aliphatic heterocycles. The van der Waals surface area contributed by atoms with Gasteiger partial charge in [0.15, 0.2) is 11.1 Å². The highest BCUT2D eigenvalue weighted by Crippen LogP contribution is 2.43. The Morgan fingerprint density at radius 1 is 1.38 bits per heavy atom. The Bertz CT molecular complexity index is 879. The standard InChI is InChI=1S/C16H14ClF3N4O2/c1-15(16(18,19)20)8-23-13(25)6-11(17)22-14(23)24(15)7-12-21-9-4-2-3-5-10(9)26-12/h2-5,11H,6-8H2,1H3/t11?,15-/m0/s1. The van der Waals surface area contributed by atoms with E-state index in [9.17, 15) is 18.0 Å². The number of hydrogen-bond acceptors (Lipinski definition) is 5. The summed E-state index contributed by atoms with van der Waals surface area (Å²) in [7, 11) is 0. The van der Waals surface area contributed by atoms with Gasteiger partial charge in [-0.25, -0.2) is 9.98 Å². The van der Waals surface area contributed by atoms with Gasteiger partial charge in [0.25, 0.3) is 0 Å². The van der Waals surface area contributed by atoms with Gasteiger partial charge in [-0.1, -0.05) is 23.7 Å².